The molecule has 0 unspecified atom stereocenters. The quantitative estimate of drug-likeness (QED) is 0.787. The summed E-state index contributed by atoms with van der Waals surface area (Å²) in [5, 5.41) is 0. The first-order valence-corrected chi connectivity index (χ1v) is 5.10. The molecule has 0 saturated heterocycles. The van der Waals surface area contributed by atoms with Gasteiger partial charge in [0.2, 0.25) is 0 Å². The Morgan fingerprint density at radius 2 is 1.93 bits per heavy atom. The van der Waals surface area contributed by atoms with Crippen LogP contribution in [0.25, 0.3) is 11.0 Å². The minimum absolute atomic E-state index is 1.01. The Morgan fingerprint density at radius 3 is 2.57 bits per heavy atom. The Bertz CT molecular complexity index is 382. The van der Waals surface area contributed by atoms with Gasteiger partial charge in [-0.2, -0.15) is 0 Å². The lowest BCUT2D eigenvalue weighted by Crippen LogP contribution is -2.27. The highest BCUT2D eigenvalue weighted by Crippen LogP contribution is 2.11. The van der Waals surface area contributed by atoms with E-state index in [4.69, 9.17) is 0 Å². The molecule has 0 aliphatic carbocycles. The molecule has 1 heterocycles. The lowest BCUT2D eigenvalue weighted by molar-refractivity contribution is -0.330. The number of hydrogen-bond acceptors (Lipinski definition) is 1. The Kier molecular flexibility index (Phi) is 2.39. The third kappa shape index (κ3) is 1.45. The van der Waals surface area contributed by atoms with Crippen LogP contribution in [0, 0.1) is 0 Å². The molecule has 0 aliphatic rings. The average Bonchev–Trinajstić information content (AvgIpc) is 2.63. The smallest absolute Gasteiger partial charge is 0.265 e. The second kappa shape index (κ2) is 3.70. The summed E-state index contributed by atoms with van der Waals surface area (Å²) in [5.41, 5.74) is 2.32. The van der Waals surface area contributed by atoms with Crippen molar-refractivity contribution in [2.75, 3.05) is 18.0 Å². The van der Waals surface area contributed by atoms with Crippen LogP contribution in [-0.2, 0) is 0 Å². The molecule has 74 valence electrons. The summed E-state index contributed by atoms with van der Waals surface area (Å²) in [5.74, 6) is 1.09. The highest BCUT2D eigenvalue weighted by molar-refractivity contribution is 5.72. The van der Waals surface area contributed by atoms with Crippen molar-refractivity contribution < 1.29 is 4.98 Å². The fourth-order valence-electron chi connectivity index (χ4n) is 1.69. The first kappa shape index (κ1) is 9.06. The van der Waals surface area contributed by atoms with Crippen LogP contribution >= 0.6 is 0 Å². The van der Waals surface area contributed by atoms with Crippen molar-refractivity contribution in [1.29, 1.82) is 0 Å². The van der Waals surface area contributed by atoms with Crippen LogP contribution < -0.4 is 9.88 Å². The van der Waals surface area contributed by atoms with Crippen LogP contribution in [0.4, 0.5) is 5.95 Å². The van der Waals surface area contributed by atoms with Gasteiger partial charge in [0.05, 0.1) is 13.1 Å². The summed E-state index contributed by atoms with van der Waals surface area (Å²) in [6.45, 7) is 6.34. The van der Waals surface area contributed by atoms with E-state index in [1.165, 1.54) is 0 Å². The molecule has 0 radical (unpaired) electrons. The number of anilines is 1. The predicted octanol–water partition coefficient (Wildman–Crippen LogP) is 1.83. The molecule has 1 aromatic heterocycles. The van der Waals surface area contributed by atoms with Crippen LogP contribution in [0.15, 0.2) is 24.3 Å². The van der Waals surface area contributed by atoms with Gasteiger partial charge in [-0.05, 0) is 26.0 Å². The minimum Gasteiger partial charge on any atom is -0.265 e. The summed E-state index contributed by atoms with van der Waals surface area (Å²) in [6, 6.07) is 8.25. The maximum atomic E-state index is 3.37. The number of aromatic nitrogens is 2. The zero-order valence-electron chi connectivity index (χ0n) is 8.67. The van der Waals surface area contributed by atoms with Gasteiger partial charge < -0.3 is 0 Å². The van der Waals surface area contributed by atoms with E-state index >= 15 is 0 Å². The van der Waals surface area contributed by atoms with Crippen LogP contribution in [0.2, 0.25) is 0 Å². The molecule has 2 aromatic rings. The average molecular weight is 190 g/mol. The minimum atomic E-state index is 1.01. The molecule has 0 fully saturated rings. The number of nitrogens with zero attached hydrogens (tertiary/aromatic N) is 1. The normalized spacial score (nSPS) is 10.7. The fourth-order valence-corrected chi connectivity index (χ4v) is 1.69. The maximum Gasteiger partial charge on any atom is 0.355 e. The van der Waals surface area contributed by atoms with Crippen molar-refractivity contribution in [3.8, 4) is 0 Å². The lowest BCUT2D eigenvalue weighted by atomic mass is 10.3. The number of para-hydroxylation sites is 2. The summed E-state index contributed by atoms with van der Waals surface area (Å²) < 4.78 is 0. The van der Waals surface area contributed by atoms with E-state index in [-0.39, 0.29) is 0 Å². The number of nitrogens with one attached hydrogen (secondary N) is 2. The number of fused-ring (bicyclic) bond motifs is 1. The number of aromatic amines is 2. The maximum absolute atomic E-state index is 3.37. The second-order valence-corrected chi connectivity index (χ2v) is 3.32. The molecule has 0 spiro atoms. The zero-order valence-corrected chi connectivity index (χ0v) is 8.67. The summed E-state index contributed by atoms with van der Waals surface area (Å²) in [6.07, 6.45) is 0. The van der Waals surface area contributed by atoms with Crippen molar-refractivity contribution >= 4 is 17.0 Å². The Morgan fingerprint density at radius 1 is 1.21 bits per heavy atom. The van der Waals surface area contributed by atoms with Crippen molar-refractivity contribution in [3.05, 3.63) is 24.3 Å². The molecule has 0 amide bonds. The monoisotopic (exact) mass is 190 g/mol. The standard InChI is InChI=1S/C11H15N3/c1-3-14(4-2)11-12-9-7-5-6-8-10(9)13-11/h5-8H,3-4H2,1-2H3,(H,12,13)/p+1. The number of benzene rings is 1. The SMILES string of the molecule is CCN(CC)c1[nH]c2ccccc2[nH+]1. The Labute approximate surface area is 83.8 Å². The predicted molar refractivity (Wildman–Crippen MR) is 58.4 cm³/mol. The molecule has 2 N–H and O–H groups in total. The topological polar surface area (TPSA) is 33.2 Å². The molecule has 2 rings (SSSR count). The molecule has 1 aromatic carbocycles. The summed E-state index contributed by atoms with van der Waals surface area (Å²) in [7, 11) is 0. The second-order valence-electron chi connectivity index (χ2n) is 3.32. The van der Waals surface area contributed by atoms with Gasteiger partial charge in [0.1, 0.15) is 11.0 Å². The first-order valence-electron chi connectivity index (χ1n) is 5.10. The van der Waals surface area contributed by atoms with Gasteiger partial charge in [-0.1, -0.05) is 12.1 Å². The van der Waals surface area contributed by atoms with E-state index in [1.807, 2.05) is 12.1 Å². The van der Waals surface area contributed by atoms with Crippen LogP contribution in [0.5, 0.6) is 0 Å². The molecule has 0 aliphatic heterocycles. The summed E-state index contributed by atoms with van der Waals surface area (Å²) in [4.78, 5) is 9.00. The molecule has 14 heavy (non-hydrogen) atoms. The lowest BCUT2D eigenvalue weighted by Gasteiger charge is -2.09. The van der Waals surface area contributed by atoms with E-state index in [9.17, 15) is 0 Å². The Balaban J connectivity index is 2.43. The first-order chi connectivity index (χ1) is 6.85. The van der Waals surface area contributed by atoms with Crippen LogP contribution in [0.1, 0.15) is 13.8 Å². The van der Waals surface area contributed by atoms with Crippen molar-refractivity contribution in [2.24, 2.45) is 0 Å². The number of hydrogen-bond donors (Lipinski definition) is 1. The van der Waals surface area contributed by atoms with E-state index in [0.29, 0.717) is 0 Å². The van der Waals surface area contributed by atoms with Gasteiger partial charge in [0.25, 0.3) is 0 Å². The molecule has 3 nitrogen and oxygen atoms in total. The molecule has 0 bridgehead atoms. The number of H-pyrrole nitrogens is 2. The van der Waals surface area contributed by atoms with Crippen molar-refractivity contribution in [3.63, 3.8) is 0 Å². The van der Waals surface area contributed by atoms with Crippen molar-refractivity contribution in [1.82, 2.24) is 4.98 Å². The van der Waals surface area contributed by atoms with E-state index in [1.54, 1.807) is 0 Å². The van der Waals surface area contributed by atoms with Crippen molar-refractivity contribution in [2.45, 2.75) is 13.8 Å². The van der Waals surface area contributed by atoms with Crippen LogP contribution in [-0.4, -0.2) is 18.1 Å². The summed E-state index contributed by atoms with van der Waals surface area (Å²) >= 11 is 0. The van der Waals surface area contributed by atoms with Gasteiger partial charge >= 0.3 is 5.95 Å². The largest absolute Gasteiger partial charge is 0.355 e. The number of imidazole rings is 1. The van der Waals surface area contributed by atoms with E-state index < -0.39 is 0 Å². The van der Waals surface area contributed by atoms with Gasteiger partial charge in [-0.25, -0.2) is 9.97 Å². The molecule has 0 atom stereocenters. The molecule has 3 heteroatoms. The molecular formula is C11H16N3+. The van der Waals surface area contributed by atoms with E-state index in [2.05, 4.69) is 40.8 Å². The fraction of sp³-hybridized carbons (Fsp3) is 0.364. The van der Waals surface area contributed by atoms with E-state index in [0.717, 1.165) is 30.1 Å². The Hall–Kier alpha value is -1.51. The van der Waals surface area contributed by atoms with Gasteiger partial charge in [-0.3, -0.25) is 4.90 Å². The zero-order chi connectivity index (χ0) is 9.97. The molecular weight excluding hydrogens is 174 g/mol. The van der Waals surface area contributed by atoms with Crippen LogP contribution in [0.3, 0.4) is 0 Å². The highest BCUT2D eigenvalue weighted by Gasteiger charge is 2.13. The van der Waals surface area contributed by atoms with Gasteiger partial charge in [0.15, 0.2) is 0 Å². The molecule has 0 saturated carbocycles. The third-order valence-electron chi connectivity index (χ3n) is 2.51. The highest BCUT2D eigenvalue weighted by atomic mass is 15.2. The third-order valence-corrected chi connectivity index (χ3v) is 2.51. The van der Waals surface area contributed by atoms with Gasteiger partial charge in [-0.15, -0.1) is 0 Å². The van der Waals surface area contributed by atoms with Gasteiger partial charge in [0, 0.05) is 0 Å². The number of rotatable bonds is 3.